The van der Waals surface area contributed by atoms with E-state index in [4.69, 9.17) is 9.94 Å². The van der Waals surface area contributed by atoms with Gasteiger partial charge in [0, 0.05) is 7.05 Å². The SMILES string of the molecule is CN(O)NCOc1ccccc1. The normalized spacial score (nSPS) is 10.2. The van der Waals surface area contributed by atoms with Crippen molar-refractivity contribution in [1.82, 2.24) is 10.6 Å². The number of nitrogens with one attached hydrogen (secondary N) is 1. The first-order chi connectivity index (χ1) is 5.79. The van der Waals surface area contributed by atoms with E-state index in [1.165, 1.54) is 7.05 Å². The molecule has 0 aromatic heterocycles. The number of hydroxylamine groups is 1. The van der Waals surface area contributed by atoms with Crippen LogP contribution in [-0.4, -0.2) is 24.2 Å². The third kappa shape index (κ3) is 3.34. The molecule has 0 saturated carbocycles. The topological polar surface area (TPSA) is 44.7 Å². The van der Waals surface area contributed by atoms with Crippen molar-refractivity contribution in [3.05, 3.63) is 30.3 Å². The number of rotatable bonds is 4. The minimum Gasteiger partial charge on any atom is -0.477 e. The van der Waals surface area contributed by atoms with Gasteiger partial charge in [-0.05, 0) is 12.1 Å². The van der Waals surface area contributed by atoms with Gasteiger partial charge in [0.1, 0.15) is 5.75 Å². The molecule has 0 aliphatic carbocycles. The van der Waals surface area contributed by atoms with Crippen LogP contribution >= 0.6 is 0 Å². The number of hydrogen-bond donors (Lipinski definition) is 2. The Kier molecular flexibility index (Phi) is 3.53. The van der Waals surface area contributed by atoms with Crippen molar-refractivity contribution in [3.63, 3.8) is 0 Å². The Morgan fingerprint density at radius 1 is 1.42 bits per heavy atom. The van der Waals surface area contributed by atoms with E-state index in [1.54, 1.807) is 0 Å². The Bertz CT molecular complexity index is 214. The Balaban J connectivity index is 2.25. The highest BCUT2D eigenvalue weighted by atomic mass is 16.6. The lowest BCUT2D eigenvalue weighted by Gasteiger charge is -2.10. The molecule has 12 heavy (non-hydrogen) atoms. The lowest BCUT2D eigenvalue weighted by atomic mass is 10.3. The lowest BCUT2D eigenvalue weighted by molar-refractivity contribution is -0.125. The smallest absolute Gasteiger partial charge is 0.153 e. The molecule has 0 spiro atoms. The van der Waals surface area contributed by atoms with Gasteiger partial charge in [0.05, 0.1) is 0 Å². The molecule has 2 N–H and O–H groups in total. The fourth-order valence-corrected chi connectivity index (χ4v) is 0.726. The third-order valence-electron chi connectivity index (χ3n) is 1.28. The van der Waals surface area contributed by atoms with Gasteiger partial charge in [0.15, 0.2) is 6.73 Å². The zero-order chi connectivity index (χ0) is 8.81. The van der Waals surface area contributed by atoms with E-state index >= 15 is 0 Å². The molecule has 0 bridgehead atoms. The average molecular weight is 168 g/mol. The number of nitrogens with zero attached hydrogens (tertiary/aromatic N) is 1. The molecule has 0 aliphatic rings. The molecule has 0 unspecified atom stereocenters. The summed E-state index contributed by atoms with van der Waals surface area (Å²) in [5.41, 5.74) is 2.56. The number of para-hydroxylation sites is 1. The van der Waals surface area contributed by atoms with Gasteiger partial charge in [0.25, 0.3) is 0 Å². The van der Waals surface area contributed by atoms with Crippen molar-refractivity contribution < 1.29 is 9.94 Å². The first-order valence-electron chi connectivity index (χ1n) is 3.63. The van der Waals surface area contributed by atoms with Crippen LogP contribution < -0.4 is 10.2 Å². The van der Waals surface area contributed by atoms with Crippen molar-refractivity contribution >= 4 is 0 Å². The predicted molar refractivity (Wildman–Crippen MR) is 44.6 cm³/mol. The molecule has 66 valence electrons. The van der Waals surface area contributed by atoms with Gasteiger partial charge in [-0.1, -0.05) is 18.2 Å². The minimum atomic E-state index is 0.247. The van der Waals surface area contributed by atoms with Crippen molar-refractivity contribution in [3.8, 4) is 5.75 Å². The number of ether oxygens (including phenoxy) is 1. The highest BCUT2D eigenvalue weighted by Crippen LogP contribution is 2.06. The van der Waals surface area contributed by atoms with Crippen molar-refractivity contribution in [2.24, 2.45) is 0 Å². The van der Waals surface area contributed by atoms with Crippen LogP contribution in [0.4, 0.5) is 0 Å². The second-order valence-electron chi connectivity index (χ2n) is 2.28. The van der Waals surface area contributed by atoms with E-state index in [0.717, 1.165) is 10.9 Å². The molecule has 0 aliphatic heterocycles. The van der Waals surface area contributed by atoms with Gasteiger partial charge in [-0.15, -0.1) is 5.17 Å². The van der Waals surface area contributed by atoms with E-state index in [-0.39, 0.29) is 6.73 Å². The van der Waals surface area contributed by atoms with E-state index < -0.39 is 0 Å². The summed E-state index contributed by atoms with van der Waals surface area (Å²) in [6, 6.07) is 9.38. The maximum Gasteiger partial charge on any atom is 0.153 e. The first-order valence-corrected chi connectivity index (χ1v) is 3.63. The van der Waals surface area contributed by atoms with E-state index in [2.05, 4.69) is 5.43 Å². The summed E-state index contributed by atoms with van der Waals surface area (Å²) in [7, 11) is 1.48. The highest BCUT2D eigenvalue weighted by molar-refractivity contribution is 5.20. The lowest BCUT2D eigenvalue weighted by Crippen LogP contribution is -2.34. The van der Waals surface area contributed by atoms with Crippen molar-refractivity contribution in [1.29, 1.82) is 0 Å². The molecular weight excluding hydrogens is 156 g/mol. The van der Waals surface area contributed by atoms with Crippen LogP contribution in [-0.2, 0) is 0 Å². The van der Waals surface area contributed by atoms with Crippen LogP contribution in [0.5, 0.6) is 5.75 Å². The fraction of sp³-hybridized carbons (Fsp3) is 0.250. The quantitative estimate of drug-likeness (QED) is 0.516. The monoisotopic (exact) mass is 168 g/mol. The van der Waals surface area contributed by atoms with Gasteiger partial charge >= 0.3 is 0 Å². The summed E-state index contributed by atoms with van der Waals surface area (Å²) in [4.78, 5) is 0. The Morgan fingerprint density at radius 3 is 2.67 bits per heavy atom. The Hall–Kier alpha value is -1.10. The Morgan fingerprint density at radius 2 is 2.08 bits per heavy atom. The highest BCUT2D eigenvalue weighted by Gasteiger charge is 1.91. The molecular formula is C8H12N2O2. The minimum absolute atomic E-state index is 0.247. The summed E-state index contributed by atoms with van der Waals surface area (Å²) >= 11 is 0. The summed E-state index contributed by atoms with van der Waals surface area (Å²) in [6.07, 6.45) is 0. The number of hydrazine groups is 1. The summed E-state index contributed by atoms with van der Waals surface area (Å²) in [5, 5.41) is 9.52. The zero-order valence-corrected chi connectivity index (χ0v) is 6.90. The number of hydrogen-bond acceptors (Lipinski definition) is 4. The molecule has 0 saturated heterocycles. The zero-order valence-electron chi connectivity index (χ0n) is 6.90. The van der Waals surface area contributed by atoms with Gasteiger partial charge in [-0.2, -0.15) is 5.43 Å². The largest absolute Gasteiger partial charge is 0.477 e. The Labute approximate surface area is 71.3 Å². The third-order valence-corrected chi connectivity index (χ3v) is 1.28. The van der Waals surface area contributed by atoms with Gasteiger partial charge < -0.3 is 4.74 Å². The van der Waals surface area contributed by atoms with Crippen molar-refractivity contribution in [2.45, 2.75) is 0 Å². The fourth-order valence-electron chi connectivity index (χ4n) is 0.726. The van der Waals surface area contributed by atoms with Crippen LogP contribution in [0.2, 0.25) is 0 Å². The molecule has 4 nitrogen and oxygen atoms in total. The standard InChI is InChI=1S/C8H12N2O2/c1-10(11)9-7-12-8-5-3-2-4-6-8/h2-6,9,11H,7H2,1H3. The maximum atomic E-state index is 8.67. The molecule has 0 radical (unpaired) electrons. The molecule has 0 amide bonds. The summed E-state index contributed by atoms with van der Waals surface area (Å²) < 4.78 is 5.20. The van der Waals surface area contributed by atoms with E-state index in [0.29, 0.717) is 0 Å². The van der Waals surface area contributed by atoms with Crippen LogP contribution in [0.25, 0.3) is 0 Å². The summed E-state index contributed by atoms with van der Waals surface area (Å²) in [6.45, 7) is 0.247. The van der Waals surface area contributed by atoms with E-state index in [9.17, 15) is 0 Å². The molecule has 4 heteroatoms. The van der Waals surface area contributed by atoms with Crippen molar-refractivity contribution in [2.75, 3.05) is 13.8 Å². The summed E-state index contributed by atoms with van der Waals surface area (Å²) in [5.74, 6) is 0.770. The number of benzene rings is 1. The van der Waals surface area contributed by atoms with Crippen LogP contribution in [0.15, 0.2) is 30.3 Å². The molecule has 0 fully saturated rings. The second-order valence-corrected chi connectivity index (χ2v) is 2.28. The maximum absolute atomic E-state index is 8.67. The average Bonchev–Trinajstić information content (AvgIpc) is 2.05. The molecule has 1 rings (SSSR count). The molecule has 1 aromatic rings. The first kappa shape index (κ1) is 8.99. The van der Waals surface area contributed by atoms with Gasteiger partial charge in [-0.25, -0.2) is 0 Å². The van der Waals surface area contributed by atoms with Crippen LogP contribution in [0, 0.1) is 0 Å². The van der Waals surface area contributed by atoms with E-state index in [1.807, 2.05) is 30.3 Å². The predicted octanol–water partition coefficient (Wildman–Crippen LogP) is 0.848. The van der Waals surface area contributed by atoms with Crippen LogP contribution in [0.1, 0.15) is 0 Å². The molecule has 0 heterocycles. The molecule has 0 atom stereocenters. The van der Waals surface area contributed by atoms with Gasteiger partial charge in [0.2, 0.25) is 0 Å². The van der Waals surface area contributed by atoms with Gasteiger partial charge in [-0.3, -0.25) is 5.21 Å². The van der Waals surface area contributed by atoms with Crippen LogP contribution in [0.3, 0.4) is 0 Å². The second kappa shape index (κ2) is 4.71. The molecule has 1 aromatic carbocycles.